The van der Waals surface area contributed by atoms with Crippen LogP contribution in [-0.4, -0.2) is 23.4 Å². The summed E-state index contributed by atoms with van der Waals surface area (Å²) in [4.78, 5) is 14.1. The molecule has 1 fully saturated rings. The Hall–Kier alpha value is -1.34. The normalized spacial score (nSPS) is 19.4. The smallest absolute Gasteiger partial charge is 0.256 e. The number of carbonyl (C=O) groups excluding carboxylic acids is 1. The van der Waals surface area contributed by atoms with Gasteiger partial charge in [-0.25, -0.2) is 0 Å². The minimum absolute atomic E-state index is 0.0480. The number of benzene rings is 1. The predicted molar refractivity (Wildman–Crippen MR) is 73.2 cm³/mol. The minimum atomic E-state index is -0.278. The van der Waals surface area contributed by atoms with Gasteiger partial charge >= 0.3 is 0 Å². The third kappa shape index (κ3) is 2.56. The molecular weight excluding hydrogens is 292 g/mol. The highest BCUT2D eigenvalue weighted by molar-refractivity contribution is 9.10. The van der Waals surface area contributed by atoms with Crippen LogP contribution >= 0.6 is 15.9 Å². The number of aryl methyl sites for hydroxylation is 1. The molecule has 1 unspecified atom stereocenters. The maximum atomic E-state index is 12.4. The summed E-state index contributed by atoms with van der Waals surface area (Å²) in [6, 6.07) is 7.62. The summed E-state index contributed by atoms with van der Waals surface area (Å²) in [5.41, 5.74) is 1.75. The van der Waals surface area contributed by atoms with Crippen LogP contribution < -0.4 is 0 Å². The lowest BCUT2D eigenvalue weighted by Crippen LogP contribution is -2.43. The van der Waals surface area contributed by atoms with Crippen LogP contribution in [0, 0.1) is 18.3 Å². The summed E-state index contributed by atoms with van der Waals surface area (Å²) in [5, 5.41) is 9.12. The van der Waals surface area contributed by atoms with Gasteiger partial charge in [-0.15, -0.1) is 0 Å². The molecule has 0 aromatic heterocycles. The van der Waals surface area contributed by atoms with Gasteiger partial charge in [-0.05, 0) is 59.8 Å². The number of hydrogen-bond acceptors (Lipinski definition) is 2. The Morgan fingerprint density at radius 2 is 2.28 bits per heavy atom. The Morgan fingerprint density at radius 1 is 1.50 bits per heavy atom. The molecule has 18 heavy (non-hydrogen) atoms. The lowest BCUT2D eigenvalue weighted by Gasteiger charge is -2.31. The largest absolute Gasteiger partial charge is 0.323 e. The fourth-order valence-electron chi connectivity index (χ4n) is 2.26. The van der Waals surface area contributed by atoms with Crippen LogP contribution in [0.2, 0.25) is 0 Å². The number of nitriles is 1. The molecule has 0 radical (unpaired) electrons. The second kappa shape index (κ2) is 5.53. The molecule has 1 amide bonds. The first-order valence-electron chi connectivity index (χ1n) is 6.10. The third-order valence-corrected chi connectivity index (χ3v) is 3.92. The van der Waals surface area contributed by atoms with Gasteiger partial charge < -0.3 is 4.90 Å². The molecule has 4 heteroatoms. The Morgan fingerprint density at radius 3 is 2.94 bits per heavy atom. The summed E-state index contributed by atoms with van der Waals surface area (Å²) < 4.78 is 0.801. The number of carbonyl (C=O) groups is 1. The number of rotatable bonds is 1. The van der Waals surface area contributed by atoms with Gasteiger partial charge in [0, 0.05) is 11.0 Å². The molecular formula is C14H15BrN2O. The zero-order chi connectivity index (χ0) is 13.1. The highest BCUT2D eigenvalue weighted by atomic mass is 79.9. The number of piperidine rings is 1. The van der Waals surface area contributed by atoms with E-state index in [2.05, 4.69) is 22.0 Å². The van der Waals surface area contributed by atoms with Gasteiger partial charge in [0.2, 0.25) is 0 Å². The monoisotopic (exact) mass is 306 g/mol. The lowest BCUT2D eigenvalue weighted by atomic mass is 10.0. The lowest BCUT2D eigenvalue weighted by molar-refractivity contribution is 0.0669. The molecule has 3 nitrogen and oxygen atoms in total. The van der Waals surface area contributed by atoms with Crippen molar-refractivity contribution in [2.45, 2.75) is 32.2 Å². The molecule has 2 rings (SSSR count). The molecule has 1 heterocycles. The molecule has 0 aliphatic carbocycles. The van der Waals surface area contributed by atoms with E-state index >= 15 is 0 Å². The highest BCUT2D eigenvalue weighted by Gasteiger charge is 2.28. The second-order valence-corrected chi connectivity index (χ2v) is 5.48. The number of amides is 1. The highest BCUT2D eigenvalue weighted by Crippen LogP contribution is 2.24. The second-order valence-electron chi connectivity index (χ2n) is 4.62. The van der Waals surface area contributed by atoms with Gasteiger partial charge in [0.25, 0.3) is 5.91 Å². The molecule has 0 spiro atoms. The molecule has 0 bridgehead atoms. The summed E-state index contributed by atoms with van der Waals surface area (Å²) in [7, 11) is 0. The van der Waals surface area contributed by atoms with Crippen LogP contribution in [0.15, 0.2) is 22.7 Å². The first-order chi connectivity index (χ1) is 8.63. The quantitative estimate of drug-likeness (QED) is 0.799. The van der Waals surface area contributed by atoms with Crippen molar-refractivity contribution in [2.75, 3.05) is 6.54 Å². The topological polar surface area (TPSA) is 44.1 Å². The molecule has 94 valence electrons. The van der Waals surface area contributed by atoms with Crippen LogP contribution in [0.3, 0.4) is 0 Å². The van der Waals surface area contributed by atoms with E-state index in [1.807, 2.05) is 25.1 Å². The van der Waals surface area contributed by atoms with E-state index in [9.17, 15) is 4.79 Å². The fourth-order valence-corrected chi connectivity index (χ4v) is 2.92. The summed E-state index contributed by atoms with van der Waals surface area (Å²) in [6.07, 6.45) is 2.79. The SMILES string of the molecule is Cc1ccc(C(=O)N2CCCCC2C#N)c(Br)c1. The zero-order valence-corrected chi connectivity index (χ0v) is 11.9. The van der Waals surface area contributed by atoms with E-state index in [-0.39, 0.29) is 11.9 Å². The van der Waals surface area contributed by atoms with Gasteiger partial charge in [0.05, 0.1) is 11.6 Å². The number of halogens is 1. The maximum Gasteiger partial charge on any atom is 0.256 e. The summed E-state index contributed by atoms with van der Waals surface area (Å²) >= 11 is 3.43. The van der Waals surface area contributed by atoms with Crippen molar-refractivity contribution in [3.63, 3.8) is 0 Å². The van der Waals surface area contributed by atoms with Crippen molar-refractivity contribution in [1.82, 2.24) is 4.90 Å². The maximum absolute atomic E-state index is 12.4. The molecule has 1 saturated heterocycles. The molecule has 1 atom stereocenters. The van der Waals surface area contributed by atoms with Crippen LogP contribution in [0.1, 0.15) is 35.2 Å². The van der Waals surface area contributed by atoms with Crippen molar-refractivity contribution in [3.05, 3.63) is 33.8 Å². The number of likely N-dealkylation sites (tertiary alicyclic amines) is 1. The average Bonchev–Trinajstić information content (AvgIpc) is 2.38. The number of nitrogens with zero attached hydrogens (tertiary/aromatic N) is 2. The molecule has 0 N–H and O–H groups in total. The molecule has 1 aliphatic rings. The van der Waals surface area contributed by atoms with Crippen molar-refractivity contribution < 1.29 is 4.79 Å². The van der Waals surface area contributed by atoms with E-state index in [1.54, 1.807) is 4.90 Å². The van der Waals surface area contributed by atoms with E-state index in [1.165, 1.54) is 0 Å². The summed E-state index contributed by atoms with van der Waals surface area (Å²) in [6.45, 7) is 2.66. The van der Waals surface area contributed by atoms with E-state index in [4.69, 9.17) is 5.26 Å². The standard InChI is InChI=1S/C14H15BrN2O/c1-10-5-6-12(13(15)8-10)14(18)17-7-3-2-4-11(17)9-16/h5-6,8,11H,2-4,7H2,1H3. The van der Waals surface area contributed by atoms with E-state index in [0.29, 0.717) is 12.1 Å². The minimum Gasteiger partial charge on any atom is -0.323 e. The molecule has 1 aromatic rings. The van der Waals surface area contributed by atoms with Gasteiger partial charge in [-0.1, -0.05) is 6.07 Å². The first-order valence-corrected chi connectivity index (χ1v) is 6.89. The molecule has 1 aromatic carbocycles. The Labute approximate surface area is 116 Å². The Bertz CT molecular complexity index is 507. The first kappa shape index (κ1) is 13.1. The average molecular weight is 307 g/mol. The molecule has 1 aliphatic heterocycles. The van der Waals surface area contributed by atoms with Gasteiger partial charge in [0.1, 0.15) is 6.04 Å². The van der Waals surface area contributed by atoms with Crippen molar-refractivity contribution >= 4 is 21.8 Å². The van der Waals surface area contributed by atoms with Crippen molar-refractivity contribution in [2.24, 2.45) is 0 Å². The number of hydrogen-bond donors (Lipinski definition) is 0. The molecule has 0 saturated carbocycles. The summed E-state index contributed by atoms with van der Waals surface area (Å²) in [5.74, 6) is -0.0480. The Kier molecular flexibility index (Phi) is 4.03. The van der Waals surface area contributed by atoms with Crippen LogP contribution in [0.5, 0.6) is 0 Å². The van der Waals surface area contributed by atoms with Crippen LogP contribution in [-0.2, 0) is 0 Å². The predicted octanol–water partition coefficient (Wildman–Crippen LogP) is 3.28. The zero-order valence-electron chi connectivity index (χ0n) is 10.3. The fraction of sp³-hybridized carbons (Fsp3) is 0.429. The van der Waals surface area contributed by atoms with Crippen LogP contribution in [0.25, 0.3) is 0 Å². The van der Waals surface area contributed by atoms with E-state index in [0.717, 1.165) is 29.3 Å². The Balaban J connectivity index is 2.27. The third-order valence-electron chi connectivity index (χ3n) is 3.27. The van der Waals surface area contributed by atoms with Gasteiger partial charge in [-0.2, -0.15) is 5.26 Å². The van der Waals surface area contributed by atoms with Crippen molar-refractivity contribution in [3.8, 4) is 6.07 Å². The van der Waals surface area contributed by atoms with Crippen LogP contribution in [0.4, 0.5) is 0 Å². The van der Waals surface area contributed by atoms with Gasteiger partial charge in [-0.3, -0.25) is 4.79 Å². The van der Waals surface area contributed by atoms with Gasteiger partial charge in [0.15, 0.2) is 0 Å². The van der Waals surface area contributed by atoms with E-state index < -0.39 is 0 Å². The van der Waals surface area contributed by atoms with Crippen molar-refractivity contribution in [1.29, 1.82) is 5.26 Å².